The highest BCUT2D eigenvalue weighted by atomic mass is 14.7. The number of hydrogen-bond donors (Lipinski definition) is 0. The van der Waals surface area contributed by atoms with E-state index in [0.29, 0.717) is 12.1 Å². The summed E-state index contributed by atoms with van der Waals surface area (Å²) >= 11 is 0. The highest BCUT2D eigenvalue weighted by molar-refractivity contribution is 6.09. The highest BCUT2D eigenvalue weighted by Crippen LogP contribution is 2.38. The molecule has 0 bridgehead atoms. The van der Waals surface area contributed by atoms with Gasteiger partial charge in [0.15, 0.2) is 0 Å². The number of rotatable bonds is 0. The molecule has 0 unspecified atom stereocenters. The summed E-state index contributed by atoms with van der Waals surface area (Å²) in [7, 11) is 0. The molecule has 1 aliphatic carbocycles. The fourth-order valence-corrected chi connectivity index (χ4v) is 2.04. The molecular formula is C13H8N2. The molecule has 0 saturated heterocycles. The SMILES string of the molecule is N#CC1=NC=C2C(=Cc3ccccc32)C1. The first-order chi connectivity index (χ1) is 7.38. The Morgan fingerprint density at radius 1 is 1.27 bits per heavy atom. The number of nitriles is 1. The standard InChI is InChI=1S/C13H8N2/c14-7-11-6-10-5-9-3-1-2-4-12(9)13(10)8-15-11/h1-5,8H,6H2. The van der Waals surface area contributed by atoms with Gasteiger partial charge in [-0.1, -0.05) is 30.3 Å². The second-order valence-electron chi connectivity index (χ2n) is 3.66. The van der Waals surface area contributed by atoms with E-state index in [0.717, 1.165) is 0 Å². The van der Waals surface area contributed by atoms with Crippen molar-refractivity contribution in [2.45, 2.75) is 6.42 Å². The smallest absolute Gasteiger partial charge is 0.122 e. The number of allylic oxidation sites excluding steroid dienone is 2. The summed E-state index contributed by atoms with van der Waals surface area (Å²) in [6.07, 6.45) is 4.62. The van der Waals surface area contributed by atoms with Gasteiger partial charge in [0.05, 0.1) is 0 Å². The van der Waals surface area contributed by atoms with Crippen molar-refractivity contribution in [3.8, 4) is 6.07 Å². The molecule has 70 valence electrons. The Kier molecular flexibility index (Phi) is 1.60. The van der Waals surface area contributed by atoms with Crippen molar-refractivity contribution in [2.75, 3.05) is 0 Å². The molecule has 2 nitrogen and oxygen atoms in total. The molecule has 0 saturated carbocycles. The Morgan fingerprint density at radius 3 is 3.00 bits per heavy atom. The van der Waals surface area contributed by atoms with Crippen LogP contribution >= 0.6 is 0 Å². The summed E-state index contributed by atoms with van der Waals surface area (Å²) in [6, 6.07) is 10.3. The van der Waals surface area contributed by atoms with Crippen molar-refractivity contribution < 1.29 is 0 Å². The second-order valence-corrected chi connectivity index (χ2v) is 3.66. The van der Waals surface area contributed by atoms with Crippen LogP contribution in [-0.4, -0.2) is 5.71 Å². The van der Waals surface area contributed by atoms with Crippen LogP contribution in [0.1, 0.15) is 17.5 Å². The zero-order valence-corrected chi connectivity index (χ0v) is 8.07. The molecule has 0 amide bonds. The van der Waals surface area contributed by atoms with Crippen LogP contribution < -0.4 is 0 Å². The molecule has 1 aromatic carbocycles. The van der Waals surface area contributed by atoms with Crippen LogP contribution in [0, 0.1) is 11.3 Å². The molecule has 1 aromatic rings. The van der Waals surface area contributed by atoms with Crippen molar-refractivity contribution in [3.05, 3.63) is 47.2 Å². The lowest BCUT2D eigenvalue weighted by molar-refractivity contribution is 1.32. The van der Waals surface area contributed by atoms with E-state index in [1.807, 2.05) is 12.1 Å². The number of nitrogens with zero attached hydrogens (tertiary/aromatic N) is 2. The molecule has 2 aliphatic rings. The minimum absolute atomic E-state index is 0.595. The van der Waals surface area contributed by atoms with Crippen molar-refractivity contribution in [1.82, 2.24) is 0 Å². The molecule has 1 heterocycles. The zero-order valence-electron chi connectivity index (χ0n) is 8.07. The van der Waals surface area contributed by atoms with Gasteiger partial charge in [-0.2, -0.15) is 5.26 Å². The fraction of sp³-hybridized carbons (Fsp3) is 0.0769. The van der Waals surface area contributed by atoms with E-state index in [9.17, 15) is 0 Å². The molecule has 0 fully saturated rings. The van der Waals surface area contributed by atoms with E-state index in [2.05, 4.69) is 29.3 Å². The van der Waals surface area contributed by atoms with Gasteiger partial charge in [-0.15, -0.1) is 0 Å². The third-order valence-corrected chi connectivity index (χ3v) is 2.76. The highest BCUT2D eigenvalue weighted by Gasteiger charge is 2.21. The van der Waals surface area contributed by atoms with Crippen molar-refractivity contribution in [1.29, 1.82) is 5.26 Å². The summed E-state index contributed by atoms with van der Waals surface area (Å²) in [5.41, 5.74) is 5.44. The van der Waals surface area contributed by atoms with Gasteiger partial charge in [0.2, 0.25) is 0 Å². The third kappa shape index (κ3) is 1.14. The van der Waals surface area contributed by atoms with Gasteiger partial charge in [0, 0.05) is 18.2 Å². The van der Waals surface area contributed by atoms with Gasteiger partial charge in [-0.3, -0.25) is 0 Å². The lowest BCUT2D eigenvalue weighted by Crippen LogP contribution is -2.00. The second kappa shape index (κ2) is 2.93. The maximum Gasteiger partial charge on any atom is 0.122 e. The van der Waals surface area contributed by atoms with Crippen LogP contribution in [0.15, 0.2) is 41.0 Å². The van der Waals surface area contributed by atoms with E-state index in [1.54, 1.807) is 6.20 Å². The average molecular weight is 192 g/mol. The zero-order chi connectivity index (χ0) is 10.3. The first kappa shape index (κ1) is 8.19. The number of benzene rings is 1. The Bertz CT molecular complexity index is 568. The van der Waals surface area contributed by atoms with Crippen LogP contribution in [0.2, 0.25) is 0 Å². The van der Waals surface area contributed by atoms with Gasteiger partial charge >= 0.3 is 0 Å². The molecule has 15 heavy (non-hydrogen) atoms. The summed E-state index contributed by atoms with van der Waals surface area (Å²) in [6.45, 7) is 0. The molecule has 0 radical (unpaired) electrons. The van der Waals surface area contributed by atoms with Gasteiger partial charge in [0.25, 0.3) is 0 Å². The number of hydrogen-bond acceptors (Lipinski definition) is 2. The van der Waals surface area contributed by atoms with E-state index in [-0.39, 0.29) is 0 Å². The Balaban J connectivity index is 2.16. The van der Waals surface area contributed by atoms with E-state index >= 15 is 0 Å². The third-order valence-electron chi connectivity index (χ3n) is 2.76. The molecule has 0 N–H and O–H groups in total. The van der Waals surface area contributed by atoms with E-state index in [4.69, 9.17) is 5.26 Å². The molecule has 3 rings (SSSR count). The lowest BCUT2D eigenvalue weighted by Gasteiger charge is -2.09. The predicted octanol–water partition coefficient (Wildman–Crippen LogP) is 2.79. The average Bonchev–Trinajstić information content (AvgIpc) is 2.66. The number of fused-ring (bicyclic) bond motifs is 3. The summed E-state index contributed by atoms with van der Waals surface area (Å²) in [5.74, 6) is 0. The molecule has 2 heteroatoms. The quantitative estimate of drug-likeness (QED) is 0.622. The molecule has 0 spiro atoms. The predicted molar refractivity (Wildman–Crippen MR) is 60.1 cm³/mol. The number of aliphatic imine (C=N–C) groups is 1. The summed E-state index contributed by atoms with van der Waals surface area (Å²) in [4.78, 5) is 4.14. The van der Waals surface area contributed by atoms with Gasteiger partial charge in [0.1, 0.15) is 11.8 Å². The molecule has 0 atom stereocenters. The van der Waals surface area contributed by atoms with Crippen molar-refractivity contribution >= 4 is 17.4 Å². The minimum Gasteiger partial charge on any atom is -0.249 e. The van der Waals surface area contributed by atoms with Gasteiger partial charge in [-0.25, -0.2) is 4.99 Å². The monoisotopic (exact) mass is 192 g/mol. The first-order valence-electron chi connectivity index (χ1n) is 4.86. The van der Waals surface area contributed by atoms with Crippen LogP contribution in [0.4, 0.5) is 0 Å². The molecule has 1 aliphatic heterocycles. The maximum atomic E-state index is 8.79. The van der Waals surface area contributed by atoms with Crippen LogP contribution in [0.5, 0.6) is 0 Å². The van der Waals surface area contributed by atoms with Crippen LogP contribution in [-0.2, 0) is 0 Å². The largest absolute Gasteiger partial charge is 0.249 e. The van der Waals surface area contributed by atoms with Gasteiger partial charge in [-0.05, 0) is 16.7 Å². The summed E-state index contributed by atoms with van der Waals surface area (Å²) in [5, 5.41) is 8.79. The van der Waals surface area contributed by atoms with Crippen LogP contribution in [0.25, 0.3) is 11.6 Å². The Labute approximate surface area is 87.9 Å². The first-order valence-corrected chi connectivity index (χ1v) is 4.86. The normalized spacial score (nSPS) is 16.9. The molecular weight excluding hydrogens is 184 g/mol. The van der Waals surface area contributed by atoms with E-state index < -0.39 is 0 Å². The molecule has 0 aromatic heterocycles. The van der Waals surface area contributed by atoms with E-state index in [1.165, 1.54) is 22.3 Å². The Morgan fingerprint density at radius 2 is 2.13 bits per heavy atom. The van der Waals surface area contributed by atoms with Gasteiger partial charge < -0.3 is 0 Å². The summed E-state index contributed by atoms with van der Waals surface area (Å²) < 4.78 is 0. The van der Waals surface area contributed by atoms with Crippen molar-refractivity contribution in [3.63, 3.8) is 0 Å². The fourth-order valence-electron chi connectivity index (χ4n) is 2.04. The maximum absolute atomic E-state index is 8.79. The minimum atomic E-state index is 0.595. The Hall–Kier alpha value is -2.14. The van der Waals surface area contributed by atoms with Crippen LogP contribution in [0.3, 0.4) is 0 Å². The topological polar surface area (TPSA) is 36.1 Å². The van der Waals surface area contributed by atoms with Crippen molar-refractivity contribution in [2.24, 2.45) is 4.99 Å². The lowest BCUT2D eigenvalue weighted by atomic mass is 9.98.